The predicted octanol–water partition coefficient (Wildman–Crippen LogP) is 5.50. The third kappa shape index (κ3) is 2.68. The molecule has 0 saturated carbocycles. The second kappa shape index (κ2) is 5.20. The van der Waals surface area contributed by atoms with E-state index in [2.05, 4.69) is 12.1 Å². The van der Waals surface area contributed by atoms with E-state index in [1.54, 1.807) is 6.07 Å². The van der Waals surface area contributed by atoms with Crippen LogP contribution in [0, 0.1) is 13.8 Å². The molecular formula is C17H15ClF3N. The van der Waals surface area contributed by atoms with E-state index < -0.39 is 11.7 Å². The molecular weight excluding hydrogens is 311 g/mol. The number of alkyl halides is 3. The highest BCUT2D eigenvalue weighted by Gasteiger charge is 2.34. The van der Waals surface area contributed by atoms with Crippen LogP contribution in [0.4, 0.5) is 18.9 Å². The Morgan fingerprint density at radius 3 is 2.00 bits per heavy atom. The van der Waals surface area contributed by atoms with Crippen molar-refractivity contribution in [1.29, 1.82) is 0 Å². The van der Waals surface area contributed by atoms with Crippen LogP contribution in [-0.4, -0.2) is 0 Å². The lowest BCUT2D eigenvalue weighted by molar-refractivity contribution is -0.137. The van der Waals surface area contributed by atoms with Gasteiger partial charge in [-0.25, -0.2) is 0 Å². The fourth-order valence-corrected chi connectivity index (χ4v) is 3.03. The molecule has 1 aliphatic heterocycles. The molecule has 0 saturated heterocycles. The molecule has 0 N–H and O–H groups in total. The molecule has 0 fully saturated rings. The van der Waals surface area contributed by atoms with Crippen molar-refractivity contribution in [2.45, 2.75) is 33.1 Å². The lowest BCUT2D eigenvalue weighted by Crippen LogP contribution is -2.16. The Labute approximate surface area is 132 Å². The molecule has 116 valence electrons. The van der Waals surface area contributed by atoms with Crippen LogP contribution in [0.2, 0.25) is 5.02 Å². The minimum Gasteiger partial charge on any atom is -0.363 e. The zero-order chi connectivity index (χ0) is 16.1. The zero-order valence-corrected chi connectivity index (χ0v) is 13.0. The molecule has 2 aromatic carbocycles. The first-order chi connectivity index (χ1) is 10.3. The van der Waals surface area contributed by atoms with Crippen LogP contribution in [0.3, 0.4) is 0 Å². The first-order valence-electron chi connectivity index (χ1n) is 6.96. The summed E-state index contributed by atoms with van der Waals surface area (Å²) in [6.07, 6.45) is -4.44. The molecule has 0 atom stereocenters. The van der Waals surface area contributed by atoms with Crippen LogP contribution in [0.15, 0.2) is 30.3 Å². The highest BCUT2D eigenvalue weighted by Crippen LogP contribution is 2.38. The molecule has 22 heavy (non-hydrogen) atoms. The summed E-state index contributed by atoms with van der Waals surface area (Å²) in [6, 6.07) is 8.33. The first-order valence-corrected chi connectivity index (χ1v) is 7.34. The summed E-state index contributed by atoms with van der Waals surface area (Å²) in [5, 5.41) is -0.264. The molecule has 0 aliphatic carbocycles. The van der Waals surface area contributed by atoms with Crippen molar-refractivity contribution in [2.75, 3.05) is 4.90 Å². The van der Waals surface area contributed by atoms with Crippen LogP contribution in [0.1, 0.15) is 27.8 Å². The van der Waals surface area contributed by atoms with Gasteiger partial charge in [0.05, 0.1) is 10.6 Å². The molecule has 0 unspecified atom stereocenters. The second-order valence-electron chi connectivity index (χ2n) is 5.72. The molecule has 3 rings (SSSR count). The van der Waals surface area contributed by atoms with Crippen molar-refractivity contribution >= 4 is 17.3 Å². The van der Waals surface area contributed by atoms with Gasteiger partial charge in [-0.15, -0.1) is 0 Å². The lowest BCUT2D eigenvalue weighted by Gasteiger charge is -2.20. The number of anilines is 1. The number of rotatable bonds is 1. The van der Waals surface area contributed by atoms with Crippen LogP contribution >= 0.6 is 11.6 Å². The Balaban J connectivity index is 1.94. The smallest absolute Gasteiger partial charge is 0.363 e. The molecule has 1 aliphatic rings. The van der Waals surface area contributed by atoms with Gasteiger partial charge in [-0.3, -0.25) is 0 Å². The van der Waals surface area contributed by atoms with Gasteiger partial charge in [-0.2, -0.15) is 13.2 Å². The summed E-state index contributed by atoms with van der Waals surface area (Å²) >= 11 is 5.68. The molecule has 0 aromatic heterocycles. The Kier molecular flexibility index (Phi) is 3.60. The van der Waals surface area contributed by atoms with Crippen molar-refractivity contribution in [2.24, 2.45) is 0 Å². The van der Waals surface area contributed by atoms with Crippen LogP contribution < -0.4 is 4.90 Å². The predicted molar refractivity (Wildman–Crippen MR) is 82.3 cm³/mol. The van der Waals surface area contributed by atoms with Gasteiger partial charge in [-0.05, 0) is 54.3 Å². The van der Waals surface area contributed by atoms with Gasteiger partial charge >= 0.3 is 6.18 Å². The van der Waals surface area contributed by atoms with Crippen molar-refractivity contribution in [1.82, 2.24) is 0 Å². The third-order valence-corrected chi connectivity index (χ3v) is 4.49. The van der Waals surface area contributed by atoms with Gasteiger partial charge in [-0.1, -0.05) is 23.7 Å². The number of nitrogens with zero attached hydrogens (tertiary/aromatic N) is 1. The van der Waals surface area contributed by atoms with Gasteiger partial charge < -0.3 is 4.90 Å². The SMILES string of the molecule is Cc1cc2c(cc1C)CN(c1ccc(Cl)c(C(F)(F)F)c1)C2. The number of halogens is 4. The van der Waals surface area contributed by atoms with E-state index in [9.17, 15) is 13.2 Å². The van der Waals surface area contributed by atoms with Crippen molar-refractivity contribution in [3.8, 4) is 0 Å². The normalized spacial score (nSPS) is 14.4. The first kappa shape index (κ1) is 15.2. The fourth-order valence-electron chi connectivity index (χ4n) is 2.81. The molecule has 2 aromatic rings. The van der Waals surface area contributed by atoms with E-state index >= 15 is 0 Å². The summed E-state index contributed by atoms with van der Waals surface area (Å²) in [4.78, 5) is 1.94. The summed E-state index contributed by atoms with van der Waals surface area (Å²) in [5.74, 6) is 0. The van der Waals surface area contributed by atoms with Crippen LogP contribution in [0.5, 0.6) is 0 Å². The van der Waals surface area contributed by atoms with E-state index in [-0.39, 0.29) is 5.02 Å². The summed E-state index contributed by atoms with van der Waals surface area (Å²) in [6.45, 7) is 5.33. The van der Waals surface area contributed by atoms with Gasteiger partial charge in [0.2, 0.25) is 0 Å². The lowest BCUT2D eigenvalue weighted by atomic mass is 10.0. The zero-order valence-electron chi connectivity index (χ0n) is 12.3. The van der Waals surface area contributed by atoms with Gasteiger partial charge in [0, 0.05) is 18.8 Å². The van der Waals surface area contributed by atoms with Crippen LogP contribution in [-0.2, 0) is 19.3 Å². The standard InChI is InChI=1S/C17H15ClF3N/c1-10-5-12-8-22(9-13(12)6-11(10)2)14-3-4-16(18)15(7-14)17(19,20)21/h3-7H,8-9H2,1-2H3. The maximum Gasteiger partial charge on any atom is 0.417 e. The van der Waals surface area contributed by atoms with Crippen molar-refractivity contribution in [3.05, 3.63) is 63.2 Å². The summed E-state index contributed by atoms with van der Waals surface area (Å²) in [7, 11) is 0. The maximum absolute atomic E-state index is 13.0. The Hall–Kier alpha value is -1.68. The summed E-state index contributed by atoms with van der Waals surface area (Å²) < 4.78 is 38.9. The third-order valence-electron chi connectivity index (χ3n) is 4.16. The number of benzene rings is 2. The Bertz CT molecular complexity index is 706. The maximum atomic E-state index is 13.0. The van der Waals surface area contributed by atoms with Crippen LogP contribution in [0.25, 0.3) is 0 Å². The largest absolute Gasteiger partial charge is 0.417 e. The topological polar surface area (TPSA) is 3.24 Å². The van der Waals surface area contributed by atoms with Gasteiger partial charge in [0.1, 0.15) is 0 Å². The average molecular weight is 326 g/mol. The molecule has 5 heteroatoms. The molecule has 1 heterocycles. The van der Waals surface area contributed by atoms with E-state index in [0.29, 0.717) is 18.8 Å². The Morgan fingerprint density at radius 1 is 0.955 bits per heavy atom. The highest BCUT2D eigenvalue weighted by molar-refractivity contribution is 6.31. The summed E-state index contributed by atoms with van der Waals surface area (Å²) in [5.41, 5.74) is 4.51. The molecule has 0 spiro atoms. The quantitative estimate of drug-likeness (QED) is 0.669. The number of fused-ring (bicyclic) bond motifs is 1. The second-order valence-corrected chi connectivity index (χ2v) is 6.13. The highest BCUT2D eigenvalue weighted by atomic mass is 35.5. The van der Waals surface area contributed by atoms with Gasteiger partial charge in [0.25, 0.3) is 0 Å². The van der Waals surface area contributed by atoms with E-state index in [0.717, 1.165) is 6.07 Å². The number of hydrogen-bond acceptors (Lipinski definition) is 1. The molecule has 1 nitrogen and oxygen atoms in total. The van der Waals surface area contributed by atoms with E-state index in [1.807, 2.05) is 18.7 Å². The minimum absolute atomic E-state index is 0.264. The molecule has 0 amide bonds. The number of hydrogen-bond donors (Lipinski definition) is 0. The average Bonchev–Trinajstić information content (AvgIpc) is 2.81. The monoisotopic (exact) mass is 325 g/mol. The van der Waals surface area contributed by atoms with E-state index in [4.69, 9.17) is 11.6 Å². The Morgan fingerprint density at radius 2 is 1.50 bits per heavy atom. The van der Waals surface area contributed by atoms with Crippen molar-refractivity contribution < 1.29 is 13.2 Å². The fraction of sp³-hybridized carbons (Fsp3) is 0.294. The van der Waals surface area contributed by atoms with E-state index in [1.165, 1.54) is 28.3 Å². The minimum atomic E-state index is -4.44. The van der Waals surface area contributed by atoms with Crippen molar-refractivity contribution in [3.63, 3.8) is 0 Å². The van der Waals surface area contributed by atoms with Gasteiger partial charge in [0.15, 0.2) is 0 Å². The molecule has 0 radical (unpaired) electrons. The number of aryl methyl sites for hydroxylation is 2. The molecule has 0 bridgehead atoms.